The van der Waals surface area contributed by atoms with Crippen LogP contribution >= 0.6 is 23.4 Å². The predicted octanol–water partition coefficient (Wildman–Crippen LogP) is 3.92. The SMILES string of the molecule is COc1cccc(OCCNC(=O)CSCc2c(F)cccc2Cl)c1. The minimum atomic E-state index is -0.355. The second-order valence-corrected chi connectivity index (χ2v) is 6.46. The van der Waals surface area contributed by atoms with Gasteiger partial charge >= 0.3 is 0 Å². The van der Waals surface area contributed by atoms with Crippen LogP contribution in [0.15, 0.2) is 42.5 Å². The lowest BCUT2D eigenvalue weighted by molar-refractivity contribution is -0.118. The number of amides is 1. The first-order valence-electron chi connectivity index (χ1n) is 7.64. The Labute approximate surface area is 155 Å². The molecule has 1 N–H and O–H groups in total. The Hall–Kier alpha value is -1.92. The molecule has 134 valence electrons. The molecule has 0 spiro atoms. The number of halogens is 2. The lowest BCUT2D eigenvalue weighted by Crippen LogP contribution is -2.29. The van der Waals surface area contributed by atoms with Crippen molar-refractivity contribution in [1.29, 1.82) is 0 Å². The molecule has 0 atom stereocenters. The zero-order valence-corrected chi connectivity index (χ0v) is 15.3. The minimum Gasteiger partial charge on any atom is -0.497 e. The third-order valence-electron chi connectivity index (χ3n) is 3.28. The number of carbonyl (C=O) groups excluding carboxylic acids is 1. The molecule has 0 fully saturated rings. The van der Waals surface area contributed by atoms with E-state index in [4.69, 9.17) is 21.1 Å². The fourth-order valence-electron chi connectivity index (χ4n) is 2.02. The Balaban J connectivity index is 1.64. The van der Waals surface area contributed by atoms with Crippen molar-refractivity contribution in [3.8, 4) is 11.5 Å². The number of methoxy groups -OCH3 is 1. The molecule has 2 aromatic rings. The standard InChI is InChI=1S/C18H19ClFNO3S/c1-23-13-4-2-5-14(10-13)24-9-8-21-18(22)12-25-11-15-16(19)6-3-7-17(15)20/h2-7,10H,8-9,11-12H2,1H3,(H,21,22). The third kappa shape index (κ3) is 6.48. The molecule has 0 bridgehead atoms. The Morgan fingerprint density at radius 1 is 1.24 bits per heavy atom. The van der Waals surface area contributed by atoms with Crippen molar-refractivity contribution in [2.75, 3.05) is 26.0 Å². The number of hydrogen-bond acceptors (Lipinski definition) is 4. The van der Waals surface area contributed by atoms with Gasteiger partial charge in [-0.2, -0.15) is 0 Å². The van der Waals surface area contributed by atoms with Crippen LogP contribution in [-0.4, -0.2) is 31.9 Å². The summed E-state index contributed by atoms with van der Waals surface area (Å²) in [5, 5.41) is 3.13. The van der Waals surface area contributed by atoms with E-state index in [1.807, 2.05) is 18.2 Å². The minimum absolute atomic E-state index is 0.133. The molecule has 7 heteroatoms. The van der Waals surface area contributed by atoms with E-state index < -0.39 is 0 Å². The van der Waals surface area contributed by atoms with Gasteiger partial charge in [-0.1, -0.05) is 23.7 Å². The summed E-state index contributed by atoms with van der Waals surface area (Å²) >= 11 is 7.26. The van der Waals surface area contributed by atoms with Crippen LogP contribution in [0.4, 0.5) is 4.39 Å². The molecule has 0 unspecified atom stereocenters. The number of thioether (sulfide) groups is 1. The third-order valence-corrected chi connectivity index (χ3v) is 4.59. The number of benzene rings is 2. The summed E-state index contributed by atoms with van der Waals surface area (Å²) < 4.78 is 24.3. The van der Waals surface area contributed by atoms with Crippen molar-refractivity contribution in [2.45, 2.75) is 5.75 Å². The van der Waals surface area contributed by atoms with E-state index in [0.29, 0.717) is 41.0 Å². The molecule has 0 heterocycles. The number of nitrogens with one attached hydrogen (secondary N) is 1. The maximum atomic E-state index is 13.6. The zero-order chi connectivity index (χ0) is 18.1. The number of carbonyl (C=O) groups is 1. The molecule has 2 rings (SSSR count). The molecule has 1 amide bonds. The topological polar surface area (TPSA) is 47.6 Å². The van der Waals surface area contributed by atoms with Crippen LogP contribution in [-0.2, 0) is 10.5 Å². The van der Waals surface area contributed by atoms with Crippen molar-refractivity contribution in [2.24, 2.45) is 0 Å². The molecule has 0 aliphatic rings. The molecule has 4 nitrogen and oxygen atoms in total. The normalized spacial score (nSPS) is 10.4. The molecule has 0 aliphatic heterocycles. The van der Waals surface area contributed by atoms with Gasteiger partial charge in [-0.15, -0.1) is 11.8 Å². The molecular weight excluding hydrogens is 365 g/mol. The fraction of sp³-hybridized carbons (Fsp3) is 0.278. The Morgan fingerprint density at radius 2 is 2.00 bits per heavy atom. The summed E-state index contributed by atoms with van der Waals surface area (Å²) in [7, 11) is 1.59. The first-order valence-corrected chi connectivity index (χ1v) is 9.17. The van der Waals surface area contributed by atoms with Gasteiger partial charge in [0.2, 0.25) is 5.91 Å². The fourth-order valence-corrected chi connectivity index (χ4v) is 3.21. The Kier molecular flexibility index (Phi) is 7.88. The van der Waals surface area contributed by atoms with Gasteiger partial charge in [0.1, 0.15) is 23.9 Å². The summed E-state index contributed by atoms with van der Waals surface area (Å²) in [5.41, 5.74) is 0.420. The molecule has 2 aromatic carbocycles. The maximum Gasteiger partial charge on any atom is 0.230 e. The monoisotopic (exact) mass is 383 g/mol. The van der Waals surface area contributed by atoms with Crippen LogP contribution in [0.2, 0.25) is 5.02 Å². The first-order chi connectivity index (χ1) is 12.1. The first kappa shape index (κ1) is 19.4. The molecule has 25 heavy (non-hydrogen) atoms. The van der Waals surface area contributed by atoms with Gasteiger partial charge in [-0.05, 0) is 24.3 Å². The predicted molar refractivity (Wildman–Crippen MR) is 99.1 cm³/mol. The Bertz CT molecular complexity index is 694. The highest BCUT2D eigenvalue weighted by molar-refractivity contribution is 7.99. The van der Waals surface area contributed by atoms with Crippen molar-refractivity contribution >= 4 is 29.3 Å². The van der Waals surface area contributed by atoms with Crippen molar-refractivity contribution in [3.63, 3.8) is 0 Å². The van der Waals surface area contributed by atoms with Crippen molar-refractivity contribution < 1.29 is 18.7 Å². The van der Waals surface area contributed by atoms with Crippen LogP contribution in [0.5, 0.6) is 11.5 Å². The number of rotatable bonds is 9. The summed E-state index contributed by atoms with van der Waals surface area (Å²) in [6, 6.07) is 11.8. The lowest BCUT2D eigenvalue weighted by atomic mass is 10.2. The Morgan fingerprint density at radius 3 is 2.76 bits per heavy atom. The molecule has 0 saturated carbocycles. The van der Waals surface area contributed by atoms with Crippen LogP contribution in [0.3, 0.4) is 0 Å². The summed E-state index contributed by atoms with van der Waals surface area (Å²) in [5.74, 6) is 1.48. The molecule has 0 radical (unpaired) electrons. The quantitative estimate of drug-likeness (QED) is 0.667. The second kappa shape index (κ2) is 10.2. The molecule has 0 aliphatic carbocycles. The number of ether oxygens (including phenoxy) is 2. The highest BCUT2D eigenvalue weighted by atomic mass is 35.5. The molecular formula is C18H19ClFNO3S. The van der Waals surface area contributed by atoms with Gasteiger partial charge in [0, 0.05) is 22.4 Å². The molecule has 0 aromatic heterocycles. The van der Waals surface area contributed by atoms with Gasteiger partial charge in [-0.25, -0.2) is 4.39 Å². The van der Waals surface area contributed by atoms with Gasteiger partial charge in [0.05, 0.1) is 19.4 Å². The van der Waals surface area contributed by atoms with Gasteiger partial charge in [-0.3, -0.25) is 4.79 Å². The average Bonchev–Trinajstić information content (AvgIpc) is 2.61. The second-order valence-electron chi connectivity index (χ2n) is 5.07. The van der Waals surface area contributed by atoms with Crippen LogP contribution < -0.4 is 14.8 Å². The van der Waals surface area contributed by atoms with Crippen LogP contribution in [0.1, 0.15) is 5.56 Å². The van der Waals surface area contributed by atoms with Crippen molar-refractivity contribution in [3.05, 3.63) is 58.9 Å². The van der Waals surface area contributed by atoms with Crippen molar-refractivity contribution in [1.82, 2.24) is 5.32 Å². The zero-order valence-electron chi connectivity index (χ0n) is 13.8. The van der Waals surface area contributed by atoms with Gasteiger partial charge in [0.25, 0.3) is 0 Å². The highest BCUT2D eigenvalue weighted by Crippen LogP contribution is 2.23. The van der Waals surface area contributed by atoms with E-state index >= 15 is 0 Å². The summed E-state index contributed by atoms with van der Waals surface area (Å²) in [6.07, 6.45) is 0. The smallest absolute Gasteiger partial charge is 0.230 e. The summed E-state index contributed by atoms with van der Waals surface area (Å²) in [6.45, 7) is 0.736. The van der Waals surface area contributed by atoms with E-state index in [9.17, 15) is 9.18 Å². The van der Waals surface area contributed by atoms with E-state index in [1.165, 1.54) is 17.8 Å². The summed E-state index contributed by atoms with van der Waals surface area (Å²) in [4.78, 5) is 11.8. The average molecular weight is 384 g/mol. The van der Waals surface area contributed by atoms with E-state index in [1.54, 1.807) is 25.3 Å². The van der Waals surface area contributed by atoms with Gasteiger partial charge in [0.15, 0.2) is 0 Å². The van der Waals surface area contributed by atoms with Crippen LogP contribution in [0, 0.1) is 5.82 Å². The van der Waals surface area contributed by atoms with Gasteiger partial charge < -0.3 is 14.8 Å². The molecule has 0 saturated heterocycles. The lowest BCUT2D eigenvalue weighted by Gasteiger charge is -2.09. The van der Waals surface area contributed by atoms with E-state index in [-0.39, 0.29) is 17.5 Å². The van der Waals surface area contributed by atoms with E-state index in [0.717, 1.165) is 0 Å². The number of hydrogen-bond donors (Lipinski definition) is 1. The highest BCUT2D eigenvalue weighted by Gasteiger charge is 2.08. The van der Waals surface area contributed by atoms with E-state index in [2.05, 4.69) is 5.32 Å². The maximum absolute atomic E-state index is 13.6. The largest absolute Gasteiger partial charge is 0.497 e. The van der Waals surface area contributed by atoms with Crippen LogP contribution in [0.25, 0.3) is 0 Å².